The molecule has 0 heterocycles. The van der Waals surface area contributed by atoms with Crippen LogP contribution in [-0.4, -0.2) is 18.9 Å². The lowest BCUT2D eigenvalue weighted by molar-refractivity contribution is -0.128. The molecule has 7 heteroatoms. The molecule has 0 aliphatic carbocycles. The molecule has 0 aliphatic rings. The zero-order chi connectivity index (χ0) is 18.4. The van der Waals surface area contributed by atoms with Crippen LogP contribution in [0.3, 0.4) is 0 Å². The summed E-state index contributed by atoms with van der Waals surface area (Å²) in [6.45, 7) is 0. The number of nitrogens with one attached hydrogen (secondary N) is 2. The second kappa shape index (κ2) is 8.32. The van der Waals surface area contributed by atoms with Crippen molar-refractivity contribution >= 4 is 11.8 Å². The number of rotatable bonds is 6. The highest BCUT2D eigenvalue weighted by Gasteiger charge is 2.22. The lowest BCUT2D eigenvalue weighted by Crippen LogP contribution is -2.39. The van der Waals surface area contributed by atoms with Crippen molar-refractivity contribution in [2.24, 2.45) is 0 Å². The Hall–Kier alpha value is -2.83. The number of likely N-dealkylation sites (N-methyl/N-ethyl adjacent to an activating group) is 1. The molecule has 4 nitrogen and oxygen atoms in total. The molecular formula is C18H17F3N2O2. The van der Waals surface area contributed by atoms with E-state index in [2.05, 4.69) is 10.6 Å². The Morgan fingerprint density at radius 3 is 2.44 bits per heavy atom. The largest absolute Gasteiger partial charge is 0.357 e. The number of amides is 2. The first-order valence-electron chi connectivity index (χ1n) is 7.61. The summed E-state index contributed by atoms with van der Waals surface area (Å²) in [6, 6.07) is 7.67. The van der Waals surface area contributed by atoms with E-state index in [1.807, 2.05) is 0 Å². The molecule has 0 bridgehead atoms. The van der Waals surface area contributed by atoms with Crippen molar-refractivity contribution in [3.8, 4) is 0 Å². The number of benzene rings is 2. The number of halogens is 3. The third kappa shape index (κ3) is 5.07. The number of hydrogen-bond acceptors (Lipinski definition) is 2. The summed E-state index contributed by atoms with van der Waals surface area (Å²) in [6.07, 6.45) is 0.294. The van der Waals surface area contributed by atoms with Gasteiger partial charge in [0.15, 0.2) is 11.6 Å². The van der Waals surface area contributed by atoms with Gasteiger partial charge in [-0.05, 0) is 41.8 Å². The fourth-order valence-corrected chi connectivity index (χ4v) is 2.32. The summed E-state index contributed by atoms with van der Waals surface area (Å²) >= 11 is 0. The van der Waals surface area contributed by atoms with E-state index in [-0.39, 0.29) is 18.4 Å². The van der Waals surface area contributed by atoms with Gasteiger partial charge in [-0.3, -0.25) is 9.59 Å². The third-order valence-corrected chi connectivity index (χ3v) is 3.62. The highest BCUT2D eigenvalue weighted by molar-refractivity contribution is 5.88. The molecule has 132 valence electrons. The molecule has 0 fully saturated rings. The Kier molecular flexibility index (Phi) is 6.16. The molecular weight excluding hydrogens is 333 g/mol. The minimum atomic E-state index is -1.15. The van der Waals surface area contributed by atoms with Gasteiger partial charge < -0.3 is 10.6 Å². The van der Waals surface area contributed by atoms with Crippen LogP contribution in [0.4, 0.5) is 13.2 Å². The molecule has 1 unspecified atom stereocenters. The van der Waals surface area contributed by atoms with Crippen molar-refractivity contribution in [1.82, 2.24) is 10.6 Å². The standard InChI is InChI=1S/C18H17F3N2O2/c1-22-18(25)17(12-6-7-14(20)15(21)10-12)23-16(24)8-5-11-3-2-4-13(19)9-11/h2-4,6-7,9-10,17H,5,8H2,1H3,(H,22,25)(H,23,24). The van der Waals surface area contributed by atoms with E-state index in [0.717, 1.165) is 12.1 Å². The second-order valence-electron chi connectivity index (χ2n) is 5.42. The van der Waals surface area contributed by atoms with E-state index in [4.69, 9.17) is 0 Å². The Balaban J connectivity index is 2.07. The van der Waals surface area contributed by atoms with Gasteiger partial charge in [0.25, 0.3) is 0 Å². The number of carbonyl (C=O) groups is 2. The lowest BCUT2D eigenvalue weighted by atomic mass is 10.0. The van der Waals surface area contributed by atoms with Crippen molar-refractivity contribution in [1.29, 1.82) is 0 Å². The van der Waals surface area contributed by atoms with Crippen LogP contribution in [0.15, 0.2) is 42.5 Å². The first kappa shape index (κ1) is 18.5. The topological polar surface area (TPSA) is 58.2 Å². The predicted octanol–water partition coefficient (Wildman–Crippen LogP) is 2.64. The maximum Gasteiger partial charge on any atom is 0.246 e. The van der Waals surface area contributed by atoms with Crippen molar-refractivity contribution in [3.05, 3.63) is 71.0 Å². The smallest absolute Gasteiger partial charge is 0.246 e. The minimum Gasteiger partial charge on any atom is -0.357 e. The zero-order valence-corrected chi connectivity index (χ0v) is 13.5. The highest BCUT2D eigenvalue weighted by atomic mass is 19.2. The van der Waals surface area contributed by atoms with E-state index in [1.165, 1.54) is 31.3 Å². The van der Waals surface area contributed by atoms with Crippen LogP contribution in [0.5, 0.6) is 0 Å². The molecule has 0 saturated heterocycles. The van der Waals surface area contributed by atoms with Crippen LogP contribution >= 0.6 is 0 Å². The summed E-state index contributed by atoms with van der Waals surface area (Å²) < 4.78 is 39.6. The van der Waals surface area contributed by atoms with E-state index < -0.39 is 35.3 Å². The molecule has 2 aromatic rings. The summed E-state index contributed by atoms with van der Waals surface area (Å²) in [4.78, 5) is 24.1. The SMILES string of the molecule is CNC(=O)C(NC(=O)CCc1cccc(F)c1)c1ccc(F)c(F)c1. The van der Waals surface area contributed by atoms with Gasteiger partial charge in [0.1, 0.15) is 11.9 Å². The maximum absolute atomic E-state index is 13.4. The molecule has 0 aliphatic heterocycles. The van der Waals surface area contributed by atoms with E-state index in [9.17, 15) is 22.8 Å². The van der Waals surface area contributed by atoms with E-state index >= 15 is 0 Å². The maximum atomic E-state index is 13.4. The van der Waals surface area contributed by atoms with Crippen molar-refractivity contribution in [3.63, 3.8) is 0 Å². The number of aryl methyl sites for hydroxylation is 1. The summed E-state index contributed by atoms with van der Waals surface area (Å²) in [7, 11) is 1.37. The van der Waals surface area contributed by atoms with Crippen LogP contribution in [-0.2, 0) is 16.0 Å². The van der Waals surface area contributed by atoms with Crippen molar-refractivity contribution in [2.45, 2.75) is 18.9 Å². The number of carbonyl (C=O) groups excluding carboxylic acids is 2. The molecule has 0 saturated carbocycles. The van der Waals surface area contributed by atoms with Crippen LogP contribution in [0.25, 0.3) is 0 Å². The molecule has 2 N–H and O–H groups in total. The average molecular weight is 350 g/mol. The normalized spacial score (nSPS) is 11.7. The van der Waals surface area contributed by atoms with Crippen LogP contribution in [0.1, 0.15) is 23.6 Å². The quantitative estimate of drug-likeness (QED) is 0.842. The molecule has 2 rings (SSSR count). The first-order valence-corrected chi connectivity index (χ1v) is 7.61. The summed E-state index contributed by atoms with van der Waals surface area (Å²) in [5, 5.41) is 4.85. The minimum absolute atomic E-state index is 0.0145. The van der Waals surface area contributed by atoms with Gasteiger partial charge >= 0.3 is 0 Å². The fraction of sp³-hybridized carbons (Fsp3) is 0.222. The van der Waals surface area contributed by atoms with Gasteiger partial charge in [-0.1, -0.05) is 18.2 Å². The van der Waals surface area contributed by atoms with Crippen molar-refractivity contribution < 1.29 is 22.8 Å². The third-order valence-electron chi connectivity index (χ3n) is 3.62. The van der Waals surface area contributed by atoms with Gasteiger partial charge in [0.2, 0.25) is 11.8 Å². The van der Waals surface area contributed by atoms with Gasteiger partial charge in [0.05, 0.1) is 0 Å². The summed E-state index contributed by atoms with van der Waals surface area (Å²) in [5.74, 6) is -3.59. The van der Waals surface area contributed by atoms with Crippen LogP contribution in [0, 0.1) is 17.5 Å². The molecule has 0 spiro atoms. The molecule has 1 atom stereocenters. The molecule has 2 amide bonds. The Labute approximate surface area is 143 Å². The van der Waals surface area contributed by atoms with Crippen LogP contribution < -0.4 is 10.6 Å². The fourth-order valence-electron chi connectivity index (χ4n) is 2.32. The second-order valence-corrected chi connectivity index (χ2v) is 5.42. The lowest BCUT2D eigenvalue weighted by Gasteiger charge is -2.18. The summed E-state index contributed by atoms with van der Waals surface area (Å²) in [5.41, 5.74) is 0.761. The molecule has 25 heavy (non-hydrogen) atoms. The zero-order valence-electron chi connectivity index (χ0n) is 13.5. The molecule has 0 aromatic heterocycles. The van der Waals surface area contributed by atoms with E-state index in [1.54, 1.807) is 6.07 Å². The highest BCUT2D eigenvalue weighted by Crippen LogP contribution is 2.17. The molecule has 0 radical (unpaired) electrons. The van der Waals surface area contributed by atoms with Gasteiger partial charge in [-0.2, -0.15) is 0 Å². The van der Waals surface area contributed by atoms with Gasteiger partial charge in [-0.15, -0.1) is 0 Å². The average Bonchev–Trinajstić information content (AvgIpc) is 2.60. The Bertz CT molecular complexity index is 781. The molecule has 2 aromatic carbocycles. The predicted molar refractivity (Wildman–Crippen MR) is 86.0 cm³/mol. The first-order chi connectivity index (χ1) is 11.9. The van der Waals surface area contributed by atoms with Crippen molar-refractivity contribution in [2.75, 3.05) is 7.05 Å². The monoisotopic (exact) mass is 350 g/mol. The van der Waals surface area contributed by atoms with E-state index in [0.29, 0.717) is 5.56 Å². The Morgan fingerprint density at radius 2 is 1.80 bits per heavy atom. The van der Waals surface area contributed by atoms with Crippen LogP contribution in [0.2, 0.25) is 0 Å². The van der Waals surface area contributed by atoms with Gasteiger partial charge in [0, 0.05) is 13.5 Å². The Morgan fingerprint density at radius 1 is 1.04 bits per heavy atom. The van der Waals surface area contributed by atoms with Gasteiger partial charge in [-0.25, -0.2) is 13.2 Å². The number of hydrogen-bond donors (Lipinski definition) is 2.